The van der Waals surface area contributed by atoms with E-state index in [1.807, 2.05) is 20.8 Å². The first-order valence-corrected chi connectivity index (χ1v) is 19.2. The molecule has 0 aliphatic rings. The Hall–Kier alpha value is -2.28. The lowest BCUT2D eigenvalue weighted by molar-refractivity contribution is -0.147. The van der Waals surface area contributed by atoms with E-state index in [4.69, 9.17) is 23.7 Å². The van der Waals surface area contributed by atoms with Crippen LogP contribution < -0.4 is 16.0 Å². The summed E-state index contributed by atoms with van der Waals surface area (Å²) in [4.78, 5) is 47.2. The Morgan fingerprint density at radius 2 is 0.857 bits per heavy atom. The summed E-state index contributed by atoms with van der Waals surface area (Å²) in [6.07, 6.45) is 18.7. The lowest BCUT2D eigenvalue weighted by atomic mass is 10.0. The van der Waals surface area contributed by atoms with Crippen molar-refractivity contribution in [2.75, 3.05) is 72.5 Å². The fraction of sp³-hybridized carbons (Fsp3) is 0.892. The number of unbranched alkanes of at least 4 members (excludes halogenated alkanes) is 13. The third kappa shape index (κ3) is 38.4. The minimum Gasteiger partial charge on any atom is -0.463 e. The predicted molar refractivity (Wildman–Crippen MR) is 192 cm³/mol. The van der Waals surface area contributed by atoms with E-state index in [1.54, 1.807) is 0 Å². The van der Waals surface area contributed by atoms with E-state index in [-0.39, 0.29) is 43.0 Å². The maximum absolute atomic E-state index is 12.1. The fourth-order valence-corrected chi connectivity index (χ4v) is 4.98. The molecule has 12 heteroatoms. The number of esters is 1. The van der Waals surface area contributed by atoms with Crippen molar-refractivity contribution in [2.24, 2.45) is 0 Å². The van der Waals surface area contributed by atoms with Gasteiger partial charge in [-0.2, -0.15) is 0 Å². The first-order valence-electron chi connectivity index (χ1n) is 19.2. The van der Waals surface area contributed by atoms with Crippen LogP contribution in [0, 0.1) is 0 Å². The number of hydrogen-bond acceptors (Lipinski definition) is 9. The quantitative estimate of drug-likeness (QED) is 0.0572. The molecule has 0 rings (SSSR count). The van der Waals surface area contributed by atoms with Crippen molar-refractivity contribution in [1.82, 2.24) is 16.0 Å². The number of amides is 3. The molecule has 3 N–H and O–H groups in total. The Morgan fingerprint density at radius 1 is 0.449 bits per heavy atom. The standard InChI is InChI=1S/C37H71N3O9/c1-4-45-28-29-46-27-25-40-36(43)32-48-31-30-47-26-24-39-35(42)21-19-23-38-34(41)20-17-15-13-11-9-7-5-6-8-10-12-14-16-18-22-37(44)49-33(2)3/h33H,4-32H2,1-3H3,(H,38,41)(H,39,42)(H,40,43). The molecule has 0 saturated heterocycles. The molecule has 0 aromatic carbocycles. The highest BCUT2D eigenvalue weighted by Crippen LogP contribution is 2.14. The number of carbonyl (C=O) groups is 4. The van der Waals surface area contributed by atoms with Crippen LogP contribution in [0.2, 0.25) is 0 Å². The first-order chi connectivity index (χ1) is 23.8. The van der Waals surface area contributed by atoms with Crippen molar-refractivity contribution >= 4 is 23.7 Å². The highest BCUT2D eigenvalue weighted by molar-refractivity contribution is 5.77. The third-order valence-electron chi connectivity index (χ3n) is 7.62. The zero-order chi connectivity index (χ0) is 36.0. The highest BCUT2D eigenvalue weighted by atomic mass is 16.5. The number of carbonyl (C=O) groups excluding carboxylic acids is 4. The van der Waals surface area contributed by atoms with Crippen molar-refractivity contribution in [2.45, 2.75) is 142 Å². The molecule has 0 spiro atoms. The molecule has 0 aromatic rings. The smallest absolute Gasteiger partial charge is 0.306 e. The zero-order valence-electron chi connectivity index (χ0n) is 31.3. The van der Waals surface area contributed by atoms with E-state index < -0.39 is 0 Å². The fourth-order valence-electron chi connectivity index (χ4n) is 4.98. The van der Waals surface area contributed by atoms with Crippen molar-refractivity contribution < 1.29 is 42.9 Å². The van der Waals surface area contributed by atoms with Crippen LogP contribution in [0.5, 0.6) is 0 Å². The number of rotatable bonds is 37. The van der Waals surface area contributed by atoms with Crippen molar-refractivity contribution in [1.29, 1.82) is 0 Å². The van der Waals surface area contributed by atoms with E-state index in [0.29, 0.717) is 85.0 Å². The Balaban J connectivity index is 3.34. The summed E-state index contributed by atoms with van der Waals surface area (Å²) in [6.45, 7) is 10.1. The molecule has 0 fully saturated rings. The van der Waals surface area contributed by atoms with Gasteiger partial charge in [-0.3, -0.25) is 19.2 Å². The molecule has 12 nitrogen and oxygen atoms in total. The molecular formula is C37H71N3O9. The summed E-state index contributed by atoms with van der Waals surface area (Å²) in [5.41, 5.74) is 0. The van der Waals surface area contributed by atoms with Crippen LogP contribution in [0.15, 0.2) is 0 Å². The molecule has 3 amide bonds. The lowest BCUT2D eigenvalue weighted by Gasteiger charge is -2.09. The van der Waals surface area contributed by atoms with Crippen LogP contribution in [-0.4, -0.2) is 102 Å². The van der Waals surface area contributed by atoms with Gasteiger partial charge in [0.15, 0.2) is 0 Å². The second kappa shape index (κ2) is 37.0. The van der Waals surface area contributed by atoms with Gasteiger partial charge in [0.2, 0.25) is 17.7 Å². The molecule has 0 aliphatic heterocycles. The van der Waals surface area contributed by atoms with Crippen LogP contribution in [0.3, 0.4) is 0 Å². The van der Waals surface area contributed by atoms with Gasteiger partial charge in [0.05, 0.1) is 45.7 Å². The van der Waals surface area contributed by atoms with Gasteiger partial charge in [-0.05, 0) is 40.0 Å². The number of ether oxygens (including phenoxy) is 5. The highest BCUT2D eigenvalue weighted by Gasteiger charge is 2.06. The molecular weight excluding hydrogens is 630 g/mol. The van der Waals surface area contributed by atoms with Crippen LogP contribution in [-0.2, 0) is 42.9 Å². The van der Waals surface area contributed by atoms with Gasteiger partial charge in [-0.25, -0.2) is 0 Å². The average molecular weight is 702 g/mol. The van der Waals surface area contributed by atoms with E-state index in [1.165, 1.54) is 64.2 Å². The number of nitrogens with one attached hydrogen (secondary N) is 3. The Labute approximate surface area is 297 Å². The van der Waals surface area contributed by atoms with Gasteiger partial charge in [-0.1, -0.05) is 77.0 Å². The molecule has 0 aliphatic carbocycles. The topological polar surface area (TPSA) is 151 Å². The number of hydrogen-bond donors (Lipinski definition) is 3. The van der Waals surface area contributed by atoms with Crippen molar-refractivity contribution in [3.05, 3.63) is 0 Å². The lowest BCUT2D eigenvalue weighted by Crippen LogP contribution is -2.31. The average Bonchev–Trinajstić information content (AvgIpc) is 3.06. The SMILES string of the molecule is CCOCCOCCNC(=O)COCCOCCNC(=O)CCCNC(=O)CCCCCCCCCCCCCCCCC(=O)OC(C)C. The first kappa shape index (κ1) is 46.7. The van der Waals surface area contributed by atoms with Crippen LogP contribution in [0.4, 0.5) is 0 Å². The van der Waals surface area contributed by atoms with Gasteiger partial charge in [-0.15, -0.1) is 0 Å². The van der Waals surface area contributed by atoms with E-state index in [9.17, 15) is 19.2 Å². The molecule has 0 unspecified atom stereocenters. The van der Waals surface area contributed by atoms with E-state index >= 15 is 0 Å². The molecule has 0 aromatic heterocycles. The zero-order valence-corrected chi connectivity index (χ0v) is 31.3. The second-order valence-electron chi connectivity index (χ2n) is 12.6. The third-order valence-corrected chi connectivity index (χ3v) is 7.62. The Bertz CT molecular complexity index is 799. The van der Waals surface area contributed by atoms with Gasteiger partial charge < -0.3 is 39.6 Å². The summed E-state index contributed by atoms with van der Waals surface area (Å²) in [6, 6.07) is 0. The summed E-state index contributed by atoms with van der Waals surface area (Å²) in [5, 5.41) is 8.42. The van der Waals surface area contributed by atoms with E-state index in [0.717, 1.165) is 25.7 Å². The maximum atomic E-state index is 12.1. The Kier molecular flexibility index (Phi) is 35.3. The van der Waals surface area contributed by atoms with Crippen LogP contribution in [0.1, 0.15) is 136 Å². The van der Waals surface area contributed by atoms with Crippen LogP contribution in [0.25, 0.3) is 0 Å². The summed E-state index contributed by atoms with van der Waals surface area (Å²) < 4.78 is 26.3. The molecule has 49 heavy (non-hydrogen) atoms. The molecule has 0 atom stereocenters. The Morgan fingerprint density at radius 3 is 1.37 bits per heavy atom. The summed E-state index contributed by atoms with van der Waals surface area (Å²) >= 11 is 0. The van der Waals surface area contributed by atoms with Gasteiger partial charge in [0, 0.05) is 45.5 Å². The minimum atomic E-state index is -0.208. The molecule has 288 valence electrons. The van der Waals surface area contributed by atoms with Gasteiger partial charge in [0.1, 0.15) is 6.61 Å². The normalized spacial score (nSPS) is 11.1. The second-order valence-corrected chi connectivity index (χ2v) is 12.6. The molecule has 0 saturated carbocycles. The molecule has 0 radical (unpaired) electrons. The van der Waals surface area contributed by atoms with Crippen molar-refractivity contribution in [3.8, 4) is 0 Å². The van der Waals surface area contributed by atoms with Crippen LogP contribution >= 0.6 is 0 Å². The monoisotopic (exact) mass is 702 g/mol. The van der Waals surface area contributed by atoms with Crippen molar-refractivity contribution in [3.63, 3.8) is 0 Å². The minimum absolute atomic E-state index is 0.0148. The largest absolute Gasteiger partial charge is 0.463 e. The van der Waals surface area contributed by atoms with E-state index in [2.05, 4.69) is 16.0 Å². The summed E-state index contributed by atoms with van der Waals surface area (Å²) in [5.74, 6) is -0.286. The summed E-state index contributed by atoms with van der Waals surface area (Å²) in [7, 11) is 0. The van der Waals surface area contributed by atoms with Gasteiger partial charge >= 0.3 is 5.97 Å². The predicted octanol–water partition coefficient (Wildman–Crippen LogP) is 5.39. The van der Waals surface area contributed by atoms with Gasteiger partial charge in [0.25, 0.3) is 0 Å². The molecule has 0 heterocycles. The maximum Gasteiger partial charge on any atom is 0.306 e. The molecule has 0 bridgehead atoms.